The molecule has 5 nitrogen and oxygen atoms in total. The molecule has 1 N–H and O–H groups in total. The average Bonchev–Trinajstić information content (AvgIpc) is 3.20. The van der Waals surface area contributed by atoms with E-state index in [1.54, 1.807) is 6.21 Å². The SMILES string of the molecule is O=C(NN=CC1C=CC=C1)c1ncc(-c2ccccc2)o1. The van der Waals surface area contributed by atoms with Gasteiger partial charge in [-0.1, -0.05) is 54.6 Å². The van der Waals surface area contributed by atoms with Gasteiger partial charge in [0.15, 0.2) is 5.76 Å². The average molecular weight is 279 g/mol. The molecule has 0 fully saturated rings. The Hall–Kier alpha value is -2.95. The minimum Gasteiger partial charge on any atom is -0.432 e. The predicted octanol–water partition coefficient (Wildman–Crippen LogP) is 2.80. The molecule has 1 amide bonds. The smallest absolute Gasteiger partial charge is 0.327 e. The molecule has 0 unspecified atom stereocenters. The normalized spacial score (nSPS) is 14.1. The van der Waals surface area contributed by atoms with Crippen LogP contribution in [-0.4, -0.2) is 17.1 Å². The van der Waals surface area contributed by atoms with Gasteiger partial charge in [-0.3, -0.25) is 4.79 Å². The molecule has 21 heavy (non-hydrogen) atoms. The maximum absolute atomic E-state index is 11.8. The van der Waals surface area contributed by atoms with E-state index >= 15 is 0 Å². The third-order valence-corrected chi connectivity index (χ3v) is 2.95. The van der Waals surface area contributed by atoms with Gasteiger partial charge in [-0.25, -0.2) is 10.4 Å². The molecular weight excluding hydrogens is 266 g/mol. The van der Waals surface area contributed by atoms with Crippen LogP contribution in [0.15, 0.2) is 70.4 Å². The van der Waals surface area contributed by atoms with Crippen molar-refractivity contribution in [1.29, 1.82) is 0 Å². The molecule has 1 aliphatic carbocycles. The summed E-state index contributed by atoms with van der Waals surface area (Å²) in [4.78, 5) is 15.8. The molecule has 0 saturated carbocycles. The predicted molar refractivity (Wildman–Crippen MR) is 79.7 cm³/mol. The molecule has 0 saturated heterocycles. The van der Waals surface area contributed by atoms with E-state index < -0.39 is 5.91 Å². The fourth-order valence-corrected chi connectivity index (χ4v) is 1.89. The van der Waals surface area contributed by atoms with Gasteiger partial charge in [0.25, 0.3) is 5.89 Å². The number of hydrogen-bond donors (Lipinski definition) is 1. The first-order chi connectivity index (χ1) is 10.3. The van der Waals surface area contributed by atoms with Crippen molar-refractivity contribution in [3.8, 4) is 11.3 Å². The van der Waals surface area contributed by atoms with Crippen LogP contribution in [-0.2, 0) is 0 Å². The molecule has 2 aromatic rings. The summed E-state index contributed by atoms with van der Waals surface area (Å²) in [5, 5.41) is 3.88. The van der Waals surface area contributed by atoms with Crippen LogP contribution in [0.25, 0.3) is 11.3 Å². The number of amides is 1. The number of allylic oxidation sites excluding steroid dienone is 4. The summed E-state index contributed by atoms with van der Waals surface area (Å²) in [6.07, 6.45) is 11.0. The van der Waals surface area contributed by atoms with Gasteiger partial charge < -0.3 is 4.42 Å². The number of benzene rings is 1. The highest BCUT2D eigenvalue weighted by Crippen LogP contribution is 2.19. The first kappa shape index (κ1) is 13.1. The number of hydrogen-bond acceptors (Lipinski definition) is 4. The van der Waals surface area contributed by atoms with E-state index in [0.29, 0.717) is 5.76 Å². The van der Waals surface area contributed by atoms with E-state index in [0.717, 1.165) is 5.56 Å². The number of carbonyl (C=O) groups excluding carboxylic acids is 1. The zero-order chi connectivity index (χ0) is 14.5. The third-order valence-electron chi connectivity index (χ3n) is 2.95. The van der Waals surface area contributed by atoms with E-state index in [1.165, 1.54) is 6.20 Å². The van der Waals surface area contributed by atoms with Crippen molar-refractivity contribution < 1.29 is 9.21 Å². The van der Waals surface area contributed by atoms with Gasteiger partial charge in [0.1, 0.15) is 0 Å². The summed E-state index contributed by atoms with van der Waals surface area (Å²) in [5.41, 5.74) is 3.27. The highest BCUT2D eigenvalue weighted by molar-refractivity contribution is 5.90. The number of rotatable bonds is 4. The molecule has 0 radical (unpaired) electrons. The van der Waals surface area contributed by atoms with Crippen molar-refractivity contribution in [2.45, 2.75) is 0 Å². The van der Waals surface area contributed by atoms with Crippen LogP contribution in [0, 0.1) is 5.92 Å². The summed E-state index contributed by atoms with van der Waals surface area (Å²) in [5.74, 6) is 0.184. The molecule has 1 aromatic heterocycles. The van der Waals surface area contributed by atoms with Crippen LogP contribution in [0.5, 0.6) is 0 Å². The summed E-state index contributed by atoms with van der Waals surface area (Å²) in [6, 6.07) is 9.47. The second-order valence-electron chi connectivity index (χ2n) is 4.46. The minimum atomic E-state index is -0.473. The zero-order valence-electron chi connectivity index (χ0n) is 11.1. The first-order valence-electron chi connectivity index (χ1n) is 6.53. The number of hydrazone groups is 1. The lowest BCUT2D eigenvalue weighted by atomic mass is 10.2. The second-order valence-corrected chi connectivity index (χ2v) is 4.46. The van der Waals surface area contributed by atoms with Crippen LogP contribution in [0.2, 0.25) is 0 Å². The van der Waals surface area contributed by atoms with Crippen molar-refractivity contribution in [2.75, 3.05) is 0 Å². The van der Waals surface area contributed by atoms with Gasteiger partial charge in [-0.2, -0.15) is 5.10 Å². The van der Waals surface area contributed by atoms with Gasteiger partial charge in [-0.05, 0) is 0 Å². The maximum atomic E-state index is 11.8. The molecule has 0 aliphatic heterocycles. The van der Waals surface area contributed by atoms with Crippen molar-refractivity contribution in [2.24, 2.45) is 11.0 Å². The van der Waals surface area contributed by atoms with Crippen LogP contribution in [0.1, 0.15) is 10.7 Å². The van der Waals surface area contributed by atoms with Crippen LogP contribution >= 0.6 is 0 Å². The molecule has 0 bridgehead atoms. The number of nitrogens with one attached hydrogen (secondary N) is 1. The van der Waals surface area contributed by atoms with Gasteiger partial charge >= 0.3 is 5.91 Å². The molecular formula is C16H13N3O2. The Labute approximate surface area is 121 Å². The molecule has 1 aliphatic rings. The fraction of sp³-hybridized carbons (Fsp3) is 0.0625. The van der Waals surface area contributed by atoms with E-state index in [9.17, 15) is 4.79 Å². The Kier molecular flexibility index (Phi) is 3.73. The number of oxazole rings is 1. The highest BCUT2D eigenvalue weighted by atomic mass is 16.4. The Bertz CT molecular complexity index is 702. The van der Waals surface area contributed by atoms with Gasteiger partial charge in [0.2, 0.25) is 0 Å². The molecule has 5 heteroatoms. The molecule has 1 aromatic carbocycles. The van der Waals surface area contributed by atoms with Crippen molar-refractivity contribution >= 4 is 12.1 Å². The first-order valence-corrected chi connectivity index (χ1v) is 6.53. The van der Waals surface area contributed by atoms with E-state index in [4.69, 9.17) is 4.42 Å². The molecule has 0 spiro atoms. The van der Waals surface area contributed by atoms with Crippen LogP contribution in [0.4, 0.5) is 0 Å². The number of aromatic nitrogens is 1. The topological polar surface area (TPSA) is 67.5 Å². The molecule has 1 heterocycles. The zero-order valence-corrected chi connectivity index (χ0v) is 11.1. The van der Waals surface area contributed by atoms with Gasteiger partial charge in [0, 0.05) is 17.7 Å². The summed E-state index contributed by atoms with van der Waals surface area (Å²) < 4.78 is 5.43. The summed E-state index contributed by atoms with van der Waals surface area (Å²) in [7, 11) is 0. The lowest BCUT2D eigenvalue weighted by molar-refractivity contribution is 0.0921. The number of nitrogens with zero attached hydrogens (tertiary/aromatic N) is 2. The van der Waals surface area contributed by atoms with Gasteiger partial charge in [0.05, 0.1) is 6.20 Å². The Balaban J connectivity index is 1.64. The molecule has 0 atom stereocenters. The van der Waals surface area contributed by atoms with E-state index in [1.807, 2.05) is 54.6 Å². The van der Waals surface area contributed by atoms with Crippen molar-refractivity contribution in [1.82, 2.24) is 10.4 Å². The maximum Gasteiger partial charge on any atom is 0.327 e. The van der Waals surface area contributed by atoms with Crippen molar-refractivity contribution in [3.05, 3.63) is 66.7 Å². The molecule has 3 rings (SSSR count). The number of carbonyl (C=O) groups is 1. The fourth-order valence-electron chi connectivity index (χ4n) is 1.89. The highest BCUT2D eigenvalue weighted by Gasteiger charge is 2.13. The minimum absolute atomic E-state index is 0.0106. The largest absolute Gasteiger partial charge is 0.432 e. The van der Waals surface area contributed by atoms with E-state index in [2.05, 4.69) is 15.5 Å². The monoisotopic (exact) mass is 279 g/mol. The second kappa shape index (κ2) is 6.00. The van der Waals surface area contributed by atoms with Crippen LogP contribution in [0.3, 0.4) is 0 Å². The Morgan fingerprint density at radius 1 is 1.24 bits per heavy atom. The molecule has 104 valence electrons. The van der Waals surface area contributed by atoms with Gasteiger partial charge in [-0.15, -0.1) is 0 Å². The summed E-state index contributed by atoms with van der Waals surface area (Å²) >= 11 is 0. The lowest BCUT2D eigenvalue weighted by Crippen LogP contribution is -2.18. The van der Waals surface area contributed by atoms with Crippen LogP contribution < -0.4 is 5.43 Å². The lowest BCUT2D eigenvalue weighted by Gasteiger charge is -1.97. The standard InChI is InChI=1S/C16H13N3O2/c20-15(19-18-10-12-6-4-5-7-12)16-17-11-14(21-16)13-8-2-1-3-9-13/h1-12H,(H,19,20). The summed E-state index contributed by atoms with van der Waals surface area (Å²) in [6.45, 7) is 0. The third kappa shape index (κ3) is 3.14. The Morgan fingerprint density at radius 2 is 2.00 bits per heavy atom. The Morgan fingerprint density at radius 3 is 2.76 bits per heavy atom. The van der Waals surface area contributed by atoms with Crippen molar-refractivity contribution in [3.63, 3.8) is 0 Å². The quantitative estimate of drug-likeness (QED) is 0.691. The van der Waals surface area contributed by atoms with E-state index in [-0.39, 0.29) is 11.8 Å².